The lowest BCUT2D eigenvalue weighted by Crippen LogP contribution is -2.66. The first kappa shape index (κ1) is 22.3. The van der Waals surface area contributed by atoms with Gasteiger partial charge in [0.25, 0.3) is 0 Å². The van der Waals surface area contributed by atoms with Gasteiger partial charge in [-0.1, -0.05) is 6.58 Å². The van der Waals surface area contributed by atoms with E-state index >= 15 is 0 Å². The molecule has 1 spiro atoms. The van der Waals surface area contributed by atoms with Gasteiger partial charge in [-0.2, -0.15) is 17.6 Å². The molecule has 7 nitrogen and oxygen atoms in total. The van der Waals surface area contributed by atoms with Gasteiger partial charge in [0.1, 0.15) is 18.8 Å². The van der Waals surface area contributed by atoms with Crippen LogP contribution in [-0.4, -0.2) is 55.4 Å². The summed E-state index contributed by atoms with van der Waals surface area (Å²) in [6, 6.07) is 0. The highest BCUT2D eigenvalue weighted by Gasteiger charge is 2.69. The van der Waals surface area contributed by atoms with Crippen LogP contribution in [0, 0.1) is 17.8 Å². The van der Waals surface area contributed by atoms with Crippen molar-refractivity contribution < 1.29 is 50.8 Å². The van der Waals surface area contributed by atoms with E-state index in [2.05, 4.69) is 6.58 Å². The molecule has 2 unspecified atom stereocenters. The number of halogens is 4. The number of carbonyl (C=O) groups is 2. The Morgan fingerprint density at radius 1 is 0.968 bits per heavy atom. The molecule has 0 aromatic rings. The Balaban J connectivity index is 1.43. The molecule has 174 valence electrons. The molecule has 0 aromatic heterocycles. The average molecular weight is 452 g/mol. The van der Waals surface area contributed by atoms with Crippen LogP contribution in [0.3, 0.4) is 0 Å². The van der Waals surface area contributed by atoms with Crippen LogP contribution in [-0.2, 0) is 28.5 Å². The first-order valence-corrected chi connectivity index (χ1v) is 10.1. The van der Waals surface area contributed by atoms with Crippen LogP contribution in [0.25, 0.3) is 0 Å². The Bertz CT molecular complexity index is 747. The van der Waals surface area contributed by atoms with Crippen LogP contribution in [0.2, 0.25) is 0 Å². The van der Waals surface area contributed by atoms with Crippen molar-refractivity contribution in [2.75, 3.05) is 20.0 Å². The second-order valence-corrected chi connectivity index (χ2v) is 9.06. The Labute approximate surface area is 176 Å². The zero-order valence-corrected chi connectivity index (χ0v) is 17.0. The fourth-order valence-corrected chi connectivity index (χ4v) is 5.57. The van der Waals surface area contributed by atoms with E-state index in [1.807, 2.05) is 0 Å². The second-order valence-electron chi connectivity index (χ2n) is 9.06. The van der Waals surface area contributed by atoms with Crippen molar-refractivity contribution >= 4 is 12.1 Å². The minimum atomic E-state index is -4.33. The molecule has 1 heterocycles. The van der Waals surface area contributed by atoms with Gasteiger partial charge in [0, 0.05) is 17.4 Å². The lowest BCUT2D eigenvalue weighted by atomic mass is 9.51. The maximum absolute atomic E-state index is 13.8. The van der Waals surface area contributed by atoms with E-state index in [4.69, 9.17) is 23.7 Å². The van der Waals surface area contributed by atoms with Gasteiger partial charge < -0.3 is 23.7 Å². The summed E-state index contributed by atoms with van der Waals surface area (Å²) in [6.07, 6.45) is 1.04. The van der Waals surface area contributed by atoms with Crippen molar-refractivity contribution in [3.05, 3.63) is 12.2 Å². The molecular weight excluding hydrogens is 428 g/mol. The maximum atomic E-state index is 13.8. The first-order valence-electron chi connectivity index (χ1n) is 10.1. The topological polar surface area (TPSA) is 80.3 Å². The summed E-state index contributed by atoms with van der Waals surface area (Å²) in [5.41, 5.74) is -0.788. The third kappa shape index (κ3) is 3.79. The summed E-state index contributed by atoms with van der Waals surface area (Å²) < 4.78 is 81.2. The van der Waals surface area contributed by atoms with Crippen LogP contribution >= 0.6 is 0 Å². The molecule has 5 aliphatic rings. The van der Waals surface area contributed by atoms with Gasteiger partial charge in [0.2, 0.25) is 6.79 Å². The van der Waals surface area contributed by atoms with E-state index in [0.29, 0.717) is 19.3 Å². The lowest BCUT2D eigenvalue weighted by Gasteiger charge is -2.62. The third-order valence-electron chi connectivity index (χ3n) is 6.78. The molecule has 31 heavy (non-hydrogen) atoms. The standard InChI is InChI=1S/C20H24F4O7/c1-11(2)15(25)27-10-28-16(26)31-17-5-12-3-13(6-17)20(14(4-12)7-17)29-8-18(21,22)19(23,24)9-30-20/h12-14H,1,3-10H2,2H3. The monoisotopic (exact) mass is 452 g/mol. The summed E-state index contributed by atoms with van der Waals surface area (Å²) in [4.78, 5) is 23.5. The smallest absolute Gasteiger partial charge is 0.428 e. The number of carbonyl (C=O) groups excluding carboxylic acids is 2. The highest BCUT2D eigenvalue weighted by molar-refractivity contribution is 5.86. The zero-order chi connectivity index (χ0) is 22.7. The van der Waals surface area contributed by atoms with Gasteiger partial charge in [-0.05, 0) is 44.9 Å². The normalized spacial score (nSPS) is 36.5. The largest absolute Gasteiger partial charge is 0.511 e. The van der Waals surface area contributed by atoms with E-state index in [1.165, 1.54) is 6.92 Å². The minimum absolute atomic E-state index is 0.119. The van der Waals surface area contributed by atoms with Crippen LogP contribution in [0.5, 0.6) is 0 Å². The minimum Gasteiger partial charge on any atom is -0.428 e. The fourth-order valence-electron chi connectivity index (χ4n) is 5.57. The Morgan fingerprint density at radius 3 is 2.03 bits per heavy atom. The van der Waals surface area contributed by atoms with Crippen LogP contribution in [0.4, 0.5) is 22.4 Å². The molecule has 0 N–H and O–H groups in total. The third-order valence-corrected chi connectivity index (χ3v) is 6.78. The average Bonchev–Trinajstić information content (AvgIpc) is 2.74. The number of hydrogen-bond donors (Lipinski definition) is 0. The Hall–Kier alpha value is -1.88. The molecule has 11 heteroatoms. The maximum Gasteiger partial charge on any atom is 0.511 e. The number of hydrogen-bond acceptors (Lipinski definition) is 7. The van der Waals surface area contributed by atoms with Crippen molar-refractivity contribution in [2.24, 2.45) is 17.8 Å². The van der Waals surface area contributed by atoms with Crippen LogP contribution < -0.4 is 0 Å². The van der Waals surface area contributed by atoms with Gasteiger partial charge in [0.15, 0.2) is 5.79 Å². The SMILES string of the molecule is C=C(C)C(=O)OCOC(=O)OC12CC3CC(C1)C1(OCC(F)(F)C(F)(F)CO1)C(C3)C2. The van der Waals surface area contributed by atoms with Gasteiger partial charge in [-0.15, -0.1) is 0 Å². The van der Waals surface area contributed by atoms with E-state index in [0.717, 1.165) is 0 Å². The van der Waals surface area contributed by atoms with Crippen molar-refractivity contribution in [1.82, 2.24) is 0 Å². The summed E-state index contributed by atoms with van der Waals surface area (Å²) in [7, 11) is 0. The molecular formula is C20H24F4O7. The molecule has 1 saturated heterocycles. The zero-order valence-electron chi connectivity index (χ0n) is 17.0. The first-order chi connectivity index (χ1) is 14.4. The molecule has 4 bridgehead atoms. The predicted molar refractivity (Wildman–Crippen MR) is 94.2 cm³/mol. The van der Waals surface area contributed by atoms with Gasteiger partial charge in [-0.25, -0.2) is 9.59 Å². The fraction of sp³-hybridized carbons (Fsp3) is 0.800. The number of alkyl halides is 4. The molecule has 5 fully saturated rings. The molecule has 0 amide bonds. The van der Waals surface area contributed by atoms with E-state index in [9.17, 15) is 27.2 Å². The second kappa shape index (κ2) is 7.33. The summed E-state index contributed by atoms with van der Waals surface area (Å²) in [5, 5.41) is 0. The molecule has 4 saturated carbocycles. The van der Waals surface area contributed by atoms with Crippen molar-refractivity contribution in [3.63, 3.8) is 0 Å². The molecule has 2 atom stereocenters. The van der Waals surface area contributed by atoms with E-state index in [-0.39, 0.29) is 24.3 Å². The molecule has 0 radical (unpaired) electrons. The van der Waals surface area contributed by atoms with Gasteiger partial charge in [-0.3, -0.25) is 0 Å². The Kier molecular flexibility index (Phi) is 5.28. The highest BCUT2D eigenvalue weighted by atomic mass is 19.3. The predicted octanol–water partition coefficient (Wildman–Crippen LogP) is 3.81. The van der Waals surface area contributed by atoms with Crippen molar-refractivity contribution in [1.29, 1.82) is 0 Å². The van der Waals surface area contributed by atoms with Gasteiger partial charge >= 0.3 is 24.0 Å². The number of ether oxygens (including phenoxy) is 5. The number of esters is 1. The summed E-state index contributed by atoms with van der Waals surface area (Å²) in [6.45, 7) is 1.34. The van der Waals surface area contributed by atoms with Crippen molar-refractivity contribution in [3.8, 4) is 0 Å². The molecule has 4 aliphatic carbocycles. The molecule has 0 aromatic carbocycles. The molecule has 1 aliphatic heterocycles. The number of rotatable bonds is 4. The van der Waals surface area contributed by atoms with E-state index in [1.54, 1.807) is 0 Å². The summed E-state index contributed by atoms with van der Waals surface area (Å²) >= 11 is 0. The van der Waals surface area contributed by atoms with E-state index < -0.39 is 67.2 Å². The quantitative estimate of drug-likeness (QED) is 0.278. The van der Waals surface area contributed by atoms with Crippen LogP contribution in [0.15, 0.2) is 12.2 Å². The lowest BCUT2D eigenvalue weighted by molar-refractivity contribution is -0.354. The molecule has 5 rings (SSSR count). The Morgan fingerprint density at radius 2 is 1.52 bits per heavy atom. The van der Waals surface area contributed by atoms with Crippen molar-refractivity contribution in [2.45, 2.75) is 62.3 Å². The van der Waals surface area contributed by atoms with Crippen LogP contribution in [0.1, 0.15) is 39.0 Å². The summed E-state index contributed by atoms with van der Waals surface area (Å²) in [5.74, 6) is -11.8. The highest BCUT2D eigenvalue weighted by Crippen LogP contribution is 2.63. The van der Waals surface area contributed by atoms with Gasteiger partial charge in [0.05, 0.1) is 0 Å².